The molecule has 0 spiro atoms. The Hall–Kier alpha value is -2.07. The first-order valence-electron chi connectivity index (χ1n) is 8.29. The highest BCUT2D eigenvalue weighted by Gasteiger charge is 2.18. The van der Waals surface area contributed by atoms with E-state index in [9.17, 15) is 13.2 Å². The number of hydrogen-bond donors (Lipinski definition) is 1. The number of nitrogens with zero attached hydrogens (tertiary/aromatic N) is 2. The summed E-state index contributed by atoms with van der Waals surface area (Å²) < 4.78 is 26.7. The predicted octanol–water partition coefficient (Wildman–Crippen LogP) is 4.00. The van der Waals surface area contributed by atoms with Gasteiger partial charge in [0.2, 0.25) is 15.9 Å². The molecule has 146 valence electrons. The van der Waals surface area contributed by atoms with Crippen molar-refractivity contribution in [3.05, 3.63) is 63.9 Å². The fourth-order valence-corrected chi connectivity index (χ4v) is 4.58. The maximum atomic E-state index is 12.3. The molecule has 1 aromatic heterocycles. The Kier molecular flexibility index (Phi) is 6.29. The molecule has 0 aliphatic carbocycles. The molecule has 0 unspecified atom stereocenters. The van der Waals surface area contributed by atoms with Crippen molar-refractivity contribution in [2.24, 2.45) is 0 Å². The minimum Gasteiger partial charge on any atom is -0.302 e. The summed E-state index contributed by atoms with van der Waals surface area (Å²) in [7, 11) is -0.544. The highest BCUT2D eigenvalue weighted by atomic mass is 79.9. The second-order valence-electron chi connectivity index (χ2n) is 6.17. The van der Waals surface area contributed by atoms with Crippen molar-refractivity contribution in [1.82, 2.24) is 9.29 Å². The van der Waals surface area contributed by atoms with Crippen LogP contribution in [0.5, 0.6) is 0 Å². The lowest BCUT2D eigenvalue weighted by molar-refractivity contribution is -0.115. The third-order valence-corrected chi connectivity index (χ3v) is 7.31. The maximum Gasteiger partial charge on any atom is 0.242 e. The lowest BCUT2D eigenvalue weighted by atomic mass is 10.1. The Morgan fingerprint density at radius 1 is 1.18 bits per heavy atom. The molecular formula is C19H18BrN3O3S2. The Labute approximate surface area is 176 Å². The number of thiazole rings is 1. The van der Waals surface area contributed by atoms with Crippen LogP contribution in [-0.2, 0) is 21.2 Å². The van der Waals surface area contributed by atoms with E-state index < -0.39 is 10.0 Å². The summed E-state index contributed by atoms with van der Waals surface area (Å²) in [5, 5.41) is 5.04. The zero-order valence-corrected chi connectivity index (χ0v) is 18.4. The fraction of sp³-hybridized carbons (Fsp3) is 0.158. The van der Waals surface area contributed by atoms with Gasteiger partial charge < -0.3 is 5.32 Å². The molecule has 0 fully saturated rings. The molecule has 9 heteroatoms. The van der Waals surface area contributed by atoms with Crippen LogP contribution >= 0.6 is 27.3 Å². The van der Waals surface area contributed by atoms with Crippen molar-refractivity contribution < 1.29 is 13.2 Å². The molecule has 3 aromatic rings. The molecule has 6 nitrogen and oxygen atoms in total. The number of benzene rings is 2. The van der Waals surface area contributed by atoms with Gasteiger partial charge in [-0.1, -0.05) is 46.3 Å². The number of carbonyl (C=O) groups is 1. The summed E-state index contributed by atoms with van der Waals surface area (Å²) in [4.78, 5) is 16.9. The zero-order valence-electron chi connectivity index (χ0n) is 15.2. The lowest BCUT2D eigenvalue weighted by Crippen LogP contribution is -2.22. The molecule has 0 saturated heterocycles. The molecule has 3 rings (SSSR count). The smallest absolute Gasteiger partial charge is 0.242 e. The van der Waals surface area contributed by atoms with Gasteiger partial charge in [0.05, 0.1) is 17.0 Å². The molecule has 0 aliphatic rings. The average Bonchev–Trinajstić information content (AvgIpc) is 3.12. The number of carbonyl (C=O) groups excluding carboxylic acids is 1. The minimum absolute atomic E-state index is 0.170. The van der Waals surface area contributed by atoms with Crippen LogP contribution in [0.25, 0.3) is 11.3 Å². The highest BCUT2D eigenvalue weighted by molar-refractivity contribution is 9.10. The van der Waals surface area contributed by atoms with Gasteiger partial charge in [-0.15, -0.1) is 11.3 Å². The van der Waals surface area contributed by atoms with Crippen molar-refractivity contribution in [2.45, 2.75) is 11.3 Å². The number of nitrogens with one attached hydrogen (secondary N) is 1. The highest BCUT2D eigenvalue weighted by Crippen LogP contribution is 2.27. The summed E-state index contributed by atoms with van der Waals surface area (Å²) in [5.74, 6) is -0.170. The first-order valence-corrected chi connectivity index (χ1v) is 11.4. The van der Waals surface area contributed by atoms with Crippen LogP contribution in [0.3, 0.4) is 0 Å². The van der Waals surface area contributed by atoms with E-state index in [1.54, 1.807) is 29.6 Å². The van der Waals surface area contributed by atoms with Gasteiger partial charge in [-0.2, -0.15) is 0 Å². The fourth-order valence-electron chi connectivity index (χ4n) is 2.47. The largest absolute Gasteiger partial charge is 0.302 e. The summed E-state index contributed by atoms with van der Waals surface area (Å²) in [6.07, 6.45) is 0.229. The molecule has 1 amide bonds. The van der Waals surface area contributed by atoms with Crippen molar-refractivity contribution in [1.29, 1.82) is 0 Å². The molecule has 0 radical (unpaired) electrons. The summed E-state index contributed by atoms with van der Waals surface area (Å²) >= 11 is 4.72. The van der Waals surface area contributed by atoms with E-state index in [1.165, 1.54) is 29.7 Å². The molecule has 0 aliphatic heterocycles. The molecule has 0 saturated carbocycles. The number of halogens is 1. The van der Waals surface area contributed by atoms with Gasteiger partial charge in [0.15, 0.2) is 5.13 Å². The van der Waals surface area contributed by atoms with Gasteiger partial charge in [-0.3, -0.25) is 4.79 Å². The molecule has 0 bridgehead atoms. The number of aromatic nitrogens is 1. The monoisotopic (exact) mass is 479 g/mol. The molecule has 1 heterocycles. The van der Waals surface area contributed by atoms with Crippen LogP contribution in [0.2, 0.25) is 0 Å². The van der Waals surface area contributed by atoms with E-state index in [1.807, 2.05) is 24.3 Å². The normalized spacial score (nSPS) is 11.6. The van der Waals surface area contributed by atoms with Crippen LogP contribution in [0.4, 0.5) is 5.13 Å². The maximum absolute atomic E-state index is 12.3. The van der Waals surface area contributed by atoms with E-state index in [-0.39, 0.29) is 17.2 Å². The molecular weight excluding hydrogens is 462 g/mol. The number of amides is 1. The van der Waals surface area contributed by atoms with E-state index in [0.29, 0.717) is 16.4 Å². The Bertz CT molecular complexity index is 1110. The number of rotatable bonds is 6. The first-order chi connectivity index (χ1) is 13.3. The van der Waals surface area contributed by atoms with Crippen LogP contribution in [0.1, 0.15) is 5.56 Å². The van der Waals surface area contributed by atoms with Gasteiger partial charge in [0.1, 0.15) is 0 Å². The zero-order chi connectivity index (χ0) is 20.3. The van der Waals surface area contributed by atoms with Crippen molar-refractivity contribution in [3.8, 4) is 11.3 Å². The third kappa shape index (κ3) is 4.67. The van der Waals surface area contributed by atoms with Crippen LogP contribution in [-0.4, -0.2) is 37.7 Å². The quantitative estimate of drug-likeness (QED) is 0.579. The summed E-state index contributed by atoms with van der Waals surface area (Å²) in [6.45, 7) is 0. The molecule has 28 heavy (non-hydrogen) atoms. The summed E-state index contributed by atoms with van der Waals surface area (Å²) in [6, 6.07) is 14.1. The Morgan fingerprint density at radius 3 is 2.64 bits per heavy atom. The average molecular weight is 480 g/mol. The van der Waals surface area contributed by atoms with Gasteiger partial charge in [0.25, 0.3) is 0 Å². The number of hydrogen-bond acceptors (Lipinski definition) is 5. The van der Waals surface area contributed by atoms with Crippen molar-refractivity contribution in [3.63, 3.8) is 0 Å². The first kappa shape index (κ1) is 20.7. The third-order valence-electron chi connectivity index (χ3n) is 3.97. The van der Waals surface area contributed by atoms with Gasteiger partial charge in [-0.05, 0) is 23.8 Å². The topological polar surface area (TPSA) is 79.4 Å². The van der Waals surface area contributed by atoms with Crippen molar-refractivity contribution in [2.75, 3.05) is 19.4 Å². The standard InChI is InChI=1S/C19H18BrN3O3S2/c1-23(2)28(25,26)15-8-5-7-14(10-15)17-12-27-19(21-17)22-18(24)11-13-6-3-4-9-16(13)20/h3-10,12H,11H2,1-2H3,(H,21,22,24). The second kappa shape index (κ2) is 8.52. The summed E-state index contributed by atoms with van der Waals surface area (Å²) in [5.41, 5.74) is 2.17. The molecule has 0 atom stereocenters. The Balaban J connectivity index is 1.76. The van der Waals surface area contributed by atoms with E-state index in [0.717, 1.165) is 10.0 Å². The number of sulfonamides is 1. The van der Waals surface area contributed by atoms with Crippen LogP contribution in [0, 0.1) is 0 Å². The lowest BCUT2D eigenvalue weighted by Gasteiger charge is -2.11. The van der Waals surface area contributed by atoms with E-state index in [2.05, 4.69) is 26.2 Å². The molecule has 1 N–H and O–H groups in total. The van der Waals surface area contributed by atoms with Gasteiger partial charge in [-0.25, -0.2) is 17.7 Å². The Morgan fingerprint density at radius 2 is 1.93 bits per heavy atom. The minimum atomic E-state index is -3.52. The van der Waals surface area contributed by atoms with Crippen molar-refractivity contribution >= 4 is 48.3 Å². The van der Waals surface area contributed by atoms with Gasteiger partial charge >= 0.3 is 0 Å². The SMILES string of the molecule is CN(C)S(=O)(=O)c1cccc(-c2csc(NC(=O)Cc3ccccc3Br)n2)c1. The predicted molar refractivity (Wildman–Crippen MR) is 115 cm³/mol. The van der Waals surface area contributed by atoms with E-state index in [4.69, 9.17) is 0 Å². The van der Waals surface area contributed by atoms with Crippen LogP contribution in [0.15, 0.2) is 63.3 Å². The van der Waals surface area contributed by atoms with E-state index >= 15 is 0 Å². The molecule has 2 aromatic carbocycles. The van der Waals surface area contributed by atoms with Gasteiger partial charge in [0, 0.05) is 29.5 Å². The van der Waals surface area contributed by atoms with Crippen LogP contribution < -0.4 is 5.32 Å². The second-order valence-corrected chi connectivity index (χ2v) is 10.0. The number of anilines is 1.